The second kappa shape index (κ2) is 6.02. The Balaban J connectivity index is 2.43. The zero-order chi connectivity index (χ0) is 14.8. The van der Waals surface area contributed by atoms with Crippen LogP contribution in [0.2, 0.25) is 0 Å². The van der Waals surface area contributed by atoms with E-state index in [0.29, 0.717) is 5.75 Å². The van der Waals surface area contributed by atoms with E-state index in [4.69, 9.17) is 9.47 Å². The Morgan fingerprint density at radius 3 is 2.30 bits per heavy atom. The van der Waals surface area contributed by atoms with Gasteiger partial charge in [0, 0.05) is 5.56 Å². The zero-order valence-electron chi connectivity index (χ0n) is 12.8. The van der Waals surface area contributed by atoms with Crippen molar-refractivity contribution in [1.29, 1.82) is 0 Å². The normalized spacial score (nSPS) is 19.1. The molecule has 0 spiro atoms. The largest absolute Gasteiger partial charge is 0.497 e. The van der Waals surface area contributed by atoms with Gasteiger partial charge in [-0.3, -0.25) is 0 Å². The molecule has 112 valence electrons. The first-order valence-corrected chi connectivity index (χ1v) is 7.12. The Bertz CT molecular complexity index is 453. The van der Waals surface area contributed by atoms with Gasteiger partial charge in [-0.05, 0) is 45.1 Å². The maximum absolute atomic E-state index is 11.0. The predicted molar refractivity (Wildman–Crippen MR) is 79.4 cm³/mol. The van der Waals surface area contributed by atoms with Gasteiger partial charge in [-0.25, -0.2) is 0 Å². The highest BCUT2D eigenvalue weighted by Crippen LogP contribution is 2.46. The summed E-state index contributed by atoms with van der Waals surface area (Å²) in [6, 6.07) is 5.59. The minimum Gasteiger partial charge on any atom is -0.497 e. The van der Waals surface area contributed by atoms with Crippen LogP contribution >= 0.6 is 0 Å². The van der Waals surface area contributed by atoms with E-state index in [1.165, 1.54) is 0 Å². The summed E-state index contributed by atoms with van der Waals surface area (Å²) < 4.78 is 10.7. The third-order valence-electron chi connectivity index (χ3n) is 4.60. The summed E-state index contributed by atoms with van der Waals surface area (Å²) >= 11 is 0. The molecular formula is C16H25NO3. The quantitative estimate of drug-likeness (QED) is 0.899. The number of rotatable bonds is 5. The SMILES string of the molecule is COc1ccc(OC)c(C(O)C2(N(C)C)CCCC2)c1. The van der Waals surface area contributed by atoms with E-state index in [1.807, 2.05) is 32.3 Å². The number of aliphatic hydroxyl groups is 1. The molecule has 0 aliphatic heterocycles. The van der Waals surface area contributed by atoms with E-state index in [9.17, 15) is 5.11 Å². The maximum Gasteiger partial charge on any atom is 0.125 e. The van der Waals surface area contributed by atoms with Crippen molar-refractivity contribution in [3.8, 4) is 11.5 Å². The van der Waals surface area contributed by atoms with Crippen molar-refractivity contribution in [2.75, 3.05) is 28.3 Å². The summed E-state index contributed by atoms with van der Waals surface area (Å²) in [5.74, 6) is 1.46. The van der Waals surface area contributed by atoms with Gasteiger partial charge in [0.25, 0.3) is 0 Å². The Morgan fingerprint density at radius 1 is 1.15 bits per heavy atom. The summed E-state index contributed by atoms with van der Waals surface area (Å²) in [5, 5.41) is 11.0. The van der Waals surface area contributed by atoms with Crippen molar-refractivity contribution in [3.05, 3.63) is 23.8 Å². The monoisotopic (exact) mass is 279 g/mol. The number of methoxy groups -OCH3 is 2. The van der Waals surface area contributed by atoms with Gasteiger partial charge in [0.15, 0.2) is 0 Å². The van der Waals surface area contributed by atoms with Crippen molar-refractivity contribution in [3.63, 3.8) is 0 Å². The van der Waals surface area contributed by atoms with Crippen LogP contribution in [0.4, 0.5) is 0 Å². The molecule has 1 saturated carbocycles. The standard InChI is InChI=1S/C16H25NO3/c1-17(2)16(9-5-6-10-16)15(18)13-11-12(19-3)7-8-14(13)20-4/h7-8,11,15,18H,5-6,9-10H2,1-4H3. The molecule has 0 saturated heterocycles. The van der Waals surface area contributed by atoms with Gasteiger partial charge in [-0.15, -0.1) is 0 Å². The molecule has 1 aliphatic carbocycles. The fourth-order valence-electron chi connectivity index (χ4n) is 3.30. The number of likely N-dealkylation sites (N-methyl/N-ethyl adjacent to an activating group) is 1. The molecule has 4 nitrogen and oxygen atoms in total. The molecular weight excluding hydrogens is 254 g/mol. The number of hydrogen-bond donors (Lipinski definition) is 1. The molecule has 1 fully saturated rings. The van der Waals surface area contributed by atoms with Crippen LogP contribution in [0.25, 0.3) is 0 Å². The summed E-state index contributed by atoms with van der Waals surface area (Å²) in [6.07, 6.45) is 3.73. The second-order valence-electron chi connectivity index (χ2n) is 5.72. The van der Waals surface area contributed by atoms with Crippen LogP contribution in [0.15, 0.2) is 18.2 Å². The minimum absolute atomic E-state index is 0.209. The van der Waals surface area contributed by atoms with E-state index < -0.39 is 6.10 Å². The summed E-state index contributed by atoms with van der Waals surface area (Å²) in [5.41, 5.74) is 0.599. The zero-order valence-corrected chi connectivity index (χ0v) is 12.8. The van der Waals surface area contributed by atoms with Gasteiger partial charge in [0.1, 0.15) is 17.6 Å². The van der Waals surface area contributed by atoms with Crippen molar-refractivity contribution < 1.29 is 14.6 Å². The van der Waals surface area contributed by atoms with E-state index in [-0.39, 0.29) is 5.54 Å². The molecule has 0 bridgehead atoms. The lowest BCUT2D eigenvalue weighted by Crippen LogP contribution is -2.47. The molecule has 0 amide bonds. The molecule has 1 aromatic rings. The highest BCUT2D eigenvalue weighted by Gasteiger charge is 2.44. The molecule has 20 heavy (non-hydrogen) atoms. The molecule has 2 rings (SSSR count). The van der Waals surface area contributed by atoms with E-state index in [1.54, 1.807) is 14.2 Å². The van der Waals surface area contributed by atoms with Gasteiger partial charge in [-0.2, -0.15) is 0 Å². The Kier molecular flexibility index (Phi) is 4.55. The molecule has 0 radical (unpaired) electrons. The van der Waals surface area contributed by atoms with Crippen LogP contribution in [-0.4, -0.2) is 43.9 Å². The molecule has 1 N–H and O–H groups in total. The number of aliphatic hydroxyl groups excluding tert-OH is 1. The Hall–Kier alpha value is -1.26. The van der Waals surface area contributed by atoms with Crippen molar-refractivity contribution in [2.24, 2.45) is 0 Å². The Morgan fingerprint density at radius 2 is 1.80 bits per heavy atom. The van der Waals surface area contributed by atoms with Crippen LogP contribution in [0.5, 0.6) is 11.5 Å². The first-order chi connectivity index (χ1) is 9.55. The first kappa shape index (κ1) is 15.1. The Labute approximate surface area is 121 Å². The lowest BCUT2D eigenvalue weighted by molar-refractivity contribution is -0.00608. The molecule has 4 heteroatoms. The number of hydrogen-bond acceptors (Lipinski definition) is 4. The number of benzene rings is 1. The van der Waals surface area contributed by atoms with Gasteiger partial charge < -0.3 is 19.5 Å². The van der Waals surface area contributed by atoms with Crippen LogP contribution in [0.3, 0.4) is 0 Å². The summed E-state index contributed by atoms with van der Waals surface area (Å²) in [7, 11) is 7.35. The highest BCUT2D eigenvalue weighted by atomic mass is 16.5. The third kappa shape index (κ3) is 2.50. The van der Waals surface area contributed by atoms with Crippen molar-refractivity contribution >= 4 is 0 Å². The molecule has 0 aromatic heterocycles. The van der Waals surface area contributed by atoms with E-state index in [2.05, 4.69) is 4.90 Å². The molecule has 0 heterocycles. The highest BCUT2D eigenvalue weighted by molar-refractivity contribution is 5.43. The average molecular weight is 279 g/mol. The summed E-state index contributed by atoms with van der Waals surface area (Å²) in [4.78, 5) is 2.16. The smallest absolute Gasteiger partial charge is 0.125 e. The predicted octanol–water partition coefficient (Wildman–Crippen LogP) is 2.61. The van der Waals surface area contributed by atoms with Crippen LogP contribution in [0.1, 0.15) is 37.4 Å². The number of ether oxygens (including phenoxy) is 2. The molecule has 1 atom stereocenters. The third-order valence-corrected chi connectivity index (χ3v) is 4.60. The fraction of sp³-hybridized carbons (Fsp3) is 0.625. The van der Waals surface area contributed by atoms with E-state index in [0.717, 1.165) is 37.0 Å². The van der Waals surface area contributed by atoms with Crippen LogP contribution in [-0.2, 0) is 0 Å². The second-order valence-corrected chi connectivity index (χ2v) is 5.72. The lowest BCUT2D eigenvalue weighted by atomic mass is 9.84. The molecule has 1 unspecified atom stereocenters. The first-order valence-electron chi connectivity index (χ1n) is 7.12. The lowest BCUT2D eigenvalue weighted by Gasteiger charge is -2.41. The van der Waals surface area contributed by atoms with Gasteiger partial charge in [0.05, 0.1) is 19.8 Å². The van der Waals surface area contributed by atoms with E-state index >= 15 is 0 Å². The average Bonchev–Trinajstić information content (AvgIpc) is 2.96. The van der Waals surface area contributed by atoms with Gasteiger partial charge in [0.2, 0.25) is 0 Å². The van der Waals surface area contributed by atoms with Gasteiger partial charge >= 0.3 is 0 Å². The van der Waals surface area contributed by atoms with Gasteiger partial charge in [-0.1, -0.05) is 12.8 Å². The van der Waals surface area contributed by atoms with Crippen LogP contribution < -0.4 is 9.47 Å². The van der Waals surface area contributed by atoms with Crippen molar-refractivity contribution in [2.45, 2.75) is 37.3 Å². The molecule has 1 aromatic carbocycles. The fourth-order valence-corrected chi connectivity index (χ4v) is 3.30. The van der Waals surface area contributed by atoms with Crippen molar-refractivity contribution in [1.82, 2.24) is 4.90 Å². The number of nitrogens with zero attached hydrogens (tertiary/aromatic N) is 1. The maximum atomic E-state index is 11.0. The van der Waals surface area contributed by atoms with Crippen LogP contribution in [0, 0.1) is 0 Å². The topological polar surface area (TPSA) is 41.9 Å². The summed E-state index contributed by atoms with van der Waals surface area (Å²) in [6.45, 7) is 0. The molecule has 1 aliphatic rings. The minimum atomic E-state index is -0.579.